The molecule has 1 saturated carbocycles. The number of hydrogen-bond donors (Lipinski definition) is 2. The predicted molar refractivity (Wildman–Crippen MR) is 57.7 cm³/mol. The highest BCUT2D eigenvalue weighted by Crippen LogP contribution is 2.24. The Kier molecular flexibility index (Phi) is 4.57. The molecular weight excluding hydrogens is 190 g/mol. The highest BCUT2D eigenvalue weighted by atomic mass is 16.1. The first-order chi connectivity index (χ1) is 7.17. The molecule has 1 aliphatic carbocycles. The molecule has 1 rings (SSSR count). The molecule has 4 heteroatoms. The largest absolute Gasteiger partial charge is 0.352 e. The van der Waals surface area contributed by atoms with Crippen LogP contribution in [0.1, 0.15) is 32.6 Å². The number of amides is 1. The molecule has 1 amide bonds. The van der Waals surface area contributed by atoms with Gasteiger partial charge in [-0.25, -0.2) is 0 Å². The second kappa shape index (κ2) is 5.72. The molecule has 15 heavy (non-hydrogen) atoms. The molecule has 4 nitrogen and oxygen atoms in total. The van der Waals surface area contributed by atoms with Gasteiger partial charge in [0.05, 0.1) is 12.0 Å². The zero-order chi connectivity index (χ0) is 11.3. The van der Waals surface area contributed by atoms with Gasteiger partial charge in [-0.15, -0.1) is 0 Å². The minimum absolute atomic E-state index is 0.00197. The van der Waals surface area contributed by atoms with Crippen LogP contribution < -0.4 is 11.1 Å². The quantitative estimate of drug-likeness (QED) is 0.718. The maximum atomic E-state index is 11.6. The molecule has 0 aromatic carbocycles. The Morgan fingerprint density at radius 3 is 3.00 bits per heavy atom. The van der Waals surface area contributed by atoms with Crippen molar-refractivity contribution in [1.82, 2.24) is 5.32 Å². The molecule has 1 aliphatic rings. The van der Waals surface area contributed by atoms with Crippen LogP contribution in [0.15, 0.2) is 0 Å². The molecule has 3 atom stereocenters. The van der Waals surface area contributed by atoms with Crippen LogP contribution in [-0.2, 0) is 4.79 Å². The number of nitrogens with zero attached hydrogens (tertiary/aromatic N) is 1. The number of nitrogens with one attached hydrogen (secondary N) is 1. The summed E-state index contributed by atoms with van der Waals surface area (Å²) in [4.78, 5) is 11.6. The van der Waals surface area contributed by atoms with Gasteiger partial charge in [-0.2, -0.15) is 5.26 Å². The third-order valence-electron chi connectivity index (χ3n) is 2.96. The van der Waals surface area contributed by atoms with Gasteiger partial charge in [0.2, 0.25) is 5.91 Å². The molecule has 84 valence electrons. The Morgan fingerprint density at radius 2 is 2.40 bits per heavy atom. The lowest BCUT2D eigenvalue weighted by Gasteiger charge is -2.16. The zero-order valence-electron chi connectivity index (χ0n) is 9.20. The van der Waals surface area contributed by atoms with Crippen molar-refractivity contribution in [2.45, 2.75) is 38.6 Å². The Hall–Kier alpha value is -1.08. The Morgan fingerprint density at radius 1 is 1.67 bits per heavy atom. The smallest absolute Gasteiger partial charge is 0.220 e. The Bertz CT molecular complexity index is 259. The molecule has 0 aromatic heterocycles. The van der Waals surface area contributed by atoms with Gasteiger partial charge in [0.1, 0.15) is 0 Å². The van der Waals surface area contributed by atoms with Crippen molar-refractivity contribution in [3.8, 4) is 6.07 Å². The first-order valence-corrected chi connectivity index (χ1v) is 5.56. The minimum atomic E-state index is 0.00197. The Labute approximate surface area is 90.8 Å². The fourth-order valence-electron chi connectivity index (χ4n) is 1.95. The highest BCUT2D eigenvalue weighted by Gasteiger charge is 2.28. The van der Waals surface area contributed by atoms with Crippen LogP contribution in [0.4, 0.5) is 0 Å². The number of carbonyl (C=O) groups is 1. The van der Waals surface area contributed by atoms with Crippen LogP contribution in [0.3, 0.4) is 0 Å². The van der Waals surface area contributed by atoms with E-state index in [1.54, 1.807) is 0 Å². The summed E-state index contributed by atoms with van der Waals surface area (Å²) >= 11 is 0. The van der Waals surface area contributed by atoms with E-state index in [0.717, 1.165) is 19.3 Å². The summed E-state index contributed by atoms with van der Waals surface area (Å²) in [5.74, 6) is 0.245. The molecule has 0 bridgehead atoms. The molecule has 3 N–H and O–H groups in total. The van der Waals surface area contributed by atoms with Gasteiger partial charge in [0.25, 0.3) is 0 Å². The van der Waals surface area contributed by atoms with Crippen molar-refractivity contribution in [3.05, 3.63) is 0 Å². The average molecular weight is 209 g/mol. The van der Waals surface area contributed by atoms with E-state index >= 15 is 0 Å². The van der Waals surface area contributed by atoms with E-state index in [1.807, 2.05) is 6.92 Å². The van der Waals surface area contributed by atoms with E-state index in [9.17, 15) is 4.79 Å². The number of nitrogens with two attached hydrogens (primary N) is 1. The molecule has 1 fully saturated rings. The SMILES string of the molecule is CC(CN)CC(=O)NC1CCCC1C#N. The molecule has 0 spiro atoms. The number of rotatable bonds is 4. The van der Waals surface area contributed by atoms with Crippen LogP contribution in [0.25, 0.3) is 0 Å². The predicted octanol–water partition coefficient (Wildman–Crippen LogP) is 0.780. The van der Waals surface area contributed by atoms with E-state index in [2.05, 4.69) is 11.4 Å². The van der Waals surface area contributed by atoms with E-state index in [4.69, 9.17) is 11.0 Å². The van der Waals surface area contributed by atoms with Crippen LogP contribution in [0.5, 0.6) is 0 Å². The van der Waals surface area contributed by atoms with E-state index < -0.39 is 0 Å². The van der Waals surface area contributed by atoms with Crippen LogP contribution in [0, 0.1) is 23.2 Å². The molecular formula is C11H19N3O. The molecule has 0 heterocycles. The topological polar surface area (TPSA) is 78.9 Å². The van der Waals surface area contributed by atoms with E-state index in [-0.39, 0.29) is 23.8 Å². The maximum absolute atomic E-state index is 11.6. The lowest BCUT2D eigenvalue weighted by atomic mass is 10.0. The van der Waals surface area contributed by atoms with Crippen molar-refractivity contribution in [2.75, 3.05) is 6.54 Å². The van der Waals surface area contributed by atoms with E-state index in [1.165, 1.54) is 0 Å². The normalized spacial score (nSPS) is 27.0. The standard InChI is InChI=1S/C11H19N3O/c1-8(6-12)5-11(15)14-10-4-2-3-9(10)7-13/h8-10H,2-6,12H2,1H3,(H,14,15). The molecule has 0 saturated heterocycles. The Balaban J connectivity index is 2.35. The van der Waals surface area contributed by atoms with Gasteiger partial charge in [-0.1, -0.05) is 6.92 Å². The van der Waals surface area contributed by atoms with Crippen LogP contribution in [0.2, 0.25) is 0 Å². The molecule has 0 radical (unpaired) electrons. The second-order valence-corrected chi connectivity index (χ2v) is 4.39. The van der Waals surface area contributed by atoms with Crippen molar-refractivity contribution >= 4 is 5.91 Å². The number of carbonyl (C=O) groups excluding carboxylic acids is 1. The van der Waals surface area contributed by atoms with Crippen molar-refractivity contribution in [2.24, 2.45) is 17.6 Å². The van der Waals surface area contributed by atoms with E-state index in [0.29, 0.717) is 13.0 Å². The summed E-state index contributed by atoms with van der Waals surface area (Å²) in [6.07, 6.45) is 3.34. The fraction of sp³-hybridized carbons (Fsp3) is 0.818. The van der Waals surface area contributed by atoms with Gasteiger partial charge in [0.15, 0.2) is 0 Å². The third kappa shape index (κ3) is 3.52. The van der Waals surface area contributed by atoms with Crippen molar-refractivity contribution in [3.63, 3.8) is 0 Å². The summed E-state index contributed by atoms with van der Waals surface area (Å²) in [5.41, 5.74) is 5.45. The molecule has 0 aliphatic heterocycles. The maximum Gasteiger partial charge on any atom is 0.220 e. The average Bonchev–Trinajstić information content (AvgIpc) is 2.64. The summed E-state index contributed by atoms with van der Waals surface area (Å²) in [5, 5.41) is 11.8. The van der Waals surface area contributed by atoms with Gasteiger partial charge >= 0.3 is 0 Å². The summed E-state index contributed by atoms with van der Waals surface area (Å²) in [6, 6.07) is 2.31. The van der Waals surface area contributed by atoms with Crippen molar-refractivity contribution < 1.29 is 4.79 Å². The summed E-state index contributed by atoms with van der Waals surface area (Å²) in [7, 11) is 0. The lowest BCUT2D eigenvalue weighted by molar-refractivity contribution is -0.122. The van der Waals surface area contributed by atoms with Crippen LogP contribution in [-0.4, -0.2) is 18.5 Å². The molecule has 3 unspecified atom stereocenters. The van der Waals surface area contributed by atoms with Gasteiger partial charge in [0, 0.05) is 12.5 Å². The van der Waals surface area contributed by atoms with Gasteiger partial charge in [-0.3, -0.25) is 4.79 Å². The first-order valence-electron chi connectivity index (χ1n) is 5.56. The minimum Gasteiger partial charge on any atom is -0.352 e. The summed E-state index contributed by atoms with van der Waals surface area (Å²) < 4.78 is 0. The second-order valence-electron chi connectivity index (χ2n) is 4.39. The summed E-state index contributed by atoms with van der Waals surface area (Å²) in [6.45, 7) is 2.48. The van der Waals surface area contributed by atoms with Crippen molar-refractivity contribution in [1.29, 1.82) is 5.26 Å². The lowest BCUT2D eigenvalue weighted by Crippen LogP contribution is -2.38. The zero-order valence-corrected chi connectivity index (χ0v) is 9.20. The third-order valence-corrected chi connectivity index (χ3v) is 2.96. The first kappa shape index (κ1) is 12.0. The number of hydrogen-bond acceptors (Lipinski definition) is 3. The highest BCUT2D eigenvalue weighted by molar-refractivity contribution is 5.76. The molecule has 0 aromatic rings. The van der Waals surface area contributed by atoms with Crippen LogP contribution >= 0.6 is 0 Å². The monoisotopic (exact) mass is 209 g/mol. The fourth-order valence-corrected chi connectivity index (χ4v) is 1.95. The van der Waals surface area contributed by atoms with Gasteiger partial charge < -0.3 is 11.1 Å². The number of nitriles is 1. The van der Waals surface area contributed by atoms with Gasteiger partial charge in [-0.05, 0) is 31.7 Å².